The maximum absolute atomic E-state index is 6.28. The van der Waals surface area contributed by atoms with Crippen molar-refractivity contribution >= 4 is 21.4 Å². The van der Waals surface area contributed by atoms with Crippen molar-refractivity contribution in [3.63, 3.8) is 0 Å². The summed E-state index contributed by atoms with van der Waals surface area (Å²) in [7, 11) is 0. The molecule has 1 unspecified atom stereocenters. The first-order valence-corrected chi connectivity index (χ1v) is 8.27. The van der Waals surface area contributed by atoms with E-state index in [-0.39, 0.29) is 5.60 Å². The van der Waals surface area contributed by atoms with Gasteiger partial charge < -0.3 is 4.74 Å². The van der Waals surface area contributed by atoms with E-state index in [2.05, 4.69) is 38.1 Å². The van der Waals surface area contributed by atoms with Crippen molar-refractivity contribution in [3.05, 3.63) is 34.7 Å². The summed E-state index contributed by atoms with van der Waals surface area (Å²) in [4.78, 5) is 1.51. The van der Waals surface area contributed by atoms with Crippen molar-refractivity contribution in [2.75, 3.05) is 6.61 Å². The second-order valence-corrected chi connectivity index (χ2v) is 6.51. The van der Waals surface area contributed by atoms with Gasteiger partial charge in [-0.15, -0.1) is 11.3 Å². The zero-order valence-electron chi connectivity index (χ0n) is 11.9. The Morgan fingerprint density at radius 1 is 1.26 bits per heavy atom. The number of rotatable bonds is 4. The Kier molecular flexibility index (Phi) is 3.64. The minimum absolute atomic E-state index is 0.00667. The molecule has 2 heteroatoms. The molecule has 0 bridgehead atoms. The first-order valence-electron chi connectivity index (χ1n) is 7.45. The number of hydrogen-bond donors (Lipinski definition) is 0. The van der Waals surface area contributed by atoms with Crippen LogP contribution in [0.25, 0.3) is 10.1 Å². The van der Waals surface area contributed by atoms with Crippen LogP contribution >= 0.6 is 11.3 Å². The first kappa shape index (κ1) is 13.1. The van der Waals surface area contributed by atoms with E-state index in [1.165, 1.54) is 34.2 Å². The Balaban J connectivity index is 2.12. The molecule has 0 fully saturated rings. The molecule has 0 radical (unpaired) electrons. The molecule has 19 heavy (non-hydrogen) atoms. The van der Waals surface area contributed by atoms with Gasteiger partial charge in [0.05, 0.1) is 6.61 Å². The molecule has 3 rings (SSSR count). The molecule has 0 N–H and O–H groups in total. The van der Waals surface area contributed by atoms with Gasteiger partial charge in [-0.25, -0.2) is 0 Å². The summed E-state index contributed by atoms with van der Waals surface area (Å²) >= 11 is 1.96. The fraction of sp³-hybridized carbons (Fsp3) is 0.529. The van der Waals surface area contributed by atoms with E-state index >= 15 is 0 Å². The van der Waals surface area contributed by atoms with Crippen LogP contribution in [0.2, 0.25) is 0 Å². The molecule has 0 saturated carbocycles. The van der Waals surface area contributed by atoms with Crippen LogP contribution in [-0.4, -0.2) is 6.61 Å². The van der Waals surface area contributed by atoms with Gasteiger partial charge in [0.2, 0.25) is 0 Å². The van der Waals surface area contributed by atoms with Crippen molar-refractivity contribution in [1.29, 1.82) is 0 Å². The Bertz CT molecular complexity index is 572. The van der Waals surface area contributed by atoms with Crippen LogP contribution in [0.3, 0.4) is 0 Å². The number of unbranched alkanes of at least 4 members (excludes halogenated alkanes) is 1. The second kappa shape index (κ2) is 5.26. The van der Waals surface area contributed by atoms with Gasteiger partial charge in [0.25, 0.3) is 0 Å². The van der Waals surface area contributed by atoms with Crippen LogP contribution in [0, 0.1) is 0 Å². The minimum Gasteiger partial charge on any atom is -0.369 e. The highest BCUT2D eigenvalue weighted by molar-refractivity contribution is 7.19. The van der Waals surface area contributed by atoms with Crippen LogP contribution in [0.4, 0.5) is 0 Å². The number of thiophene rings is 1. The third-order valence-electron chi connectivity index (χ3n) is 4.35. The molecule has 2 aromatic rings. The number of fused-ring (bicyclic) bond motifs is 3. The maximum Gasteiger partial charge on any atom is 0.102 e. The van der Waals surface area contributed by atoms with Crippen molar-refractivity contribution in [2.24, 2.45) is 0 Å². The maximum atomic E-state index is 6.28. The quantitative estimate of drug-likeness (QED) is 0.738. The van der Waals surface area contributed by atoms with Crippen molar-refractivity contribution in [1.82, 2.24) is 0 Å². The van der Waals surface area contributed by atoms with Crippen LogP contribution in [-0.2, 0) is 16.8 Å². The monoisotopic (exact) mass is 274 g/mol. The predicted octanol–water partition coefficient (Wildman–Crippen LogP) is 5.27. The smallest absolute Gasteiger partial charge is 0.102 e. The lowest BCUT2D eigenvalue weighted by Gasteiger charge is -2.36. The summed E-state index contributed by atoms with van der Waals surface area (Å²) < 4.78 is 7.71. The summed E-state index contributed by atoms with van der Waals surface area (Å²) in [6.45, 7) is 5.42. The number of benzene rings is 1. The standard InChI is InChI=1S/C17H22OS/c1-3-5-11-17(4-2)16-14(10-12-18-17)13-8-6-7-9-15(13)19-16/h6-9H,3-5,10-12H2,1-2H3. The van der Waals surface area contributed by atoms with Gasteiger partial charge in [0.1, 0.15) is 5.60 Å². The van der Waals surface area contributed by atoms with Crippen molar-refractivity contribution in [2.45, 2.75) is 51.6 Å². The Morgan fingerprint density at radius 3 is 2.89 bits per heavy atom. The minimum atomic E-state index is -0.00667. The molecule has 1 atom stereocenters. The first-order chi connectivity index (χ1) is 9.30. The van der Waals surface area contributed by atoms with Crippen molar-refractivity contribution < 1.29 is 4.74 Å². The SMILES string of the molecule is CCCCC1(CC)OCCc2c1sc1ccccc21. The molecule has 2 heterocycles. The lowest BCUT2D eigenvalue weighted by molar-refractivity contribution is -0.0673. The van der Waals surface area contributed by atoms with E-state index in [1.807, 2.05) is 11.3 Å². The van der Waals surface area contributed by atoms with Crippen LogP contribution < -0.4 is 0 Å². The van der Waals surface area contributed by atoms with E-state index in [1.54, 1.807) is 5.56 Å². The molecular weight excluding hydrogens is 252 g/mol. The molecule has 0 aliphatic carbocycles. The van der Waals surface area contributed by atoms with Gasteiger partial charge in [-0.05, 0) is 36.3 Å². The van der Waals surface area contributed by atoms with Gasteiger partial charge in [0, 0.05) is 9.58 Å². The number of ether oxygens (including phenoxy) is 1. The molecule has 1 nitrogen and oxygen atoms in total. The zero-order valence-corrected chi connectivity index (χ0v) is 12.7. The Hall–Kier alpha value is -0.860. The molecule has 0 spiro atoms. The molecule has 0 amide bonds. The second-order valence-electron chi connectivity index (χ2n) is 5.46. The summed E-state index contributed by atoms with van der Waals surface area (Å²) in [5.74, 6) is 0. The highest BCUT2D eigenvalue weighted by atomic mass is 32.1. The summed E-state index contributed by atoms with van der Waals surface area (Å²) in [5.41, 5.74) is 1.55. The lowest BCUT2D eigenvalue weighted by Crippen LogP contribution is -2.33. The van der Waals surface area contributed by atoms with Gasteiger partial charge in [-0.2, -0.15) is 0 Å². The fourth-order valence-corrected chi connectivity index (χ4v) is 4.71. The van der Waals surface area contributed by atoms with Gasteiger partial charge in [-0.3, -0.25) is 0 Å². The highest BCUT2D eigenvalue weighted by Crippen LogP contribution is 2.47. The van der Waals surface area contributed by atoms with Crippen LogP contribution in [0.5, 0.6) is 0 Å². The van der Waals surface area contributed by atoms with Gasteiger partial charge in [0.15, 0.2) is 0 Å². The molecular formula is C17H22OS. The Labute approximate surface area is 119 Å². The van der Waals surface area contributed by atoms with E-state index in [0.717, 1.165) is 19.4 Å². The van der Waals surface area contributed by atoms with E-state index < -0.39 is 0 Å². The van der Waals surface area contributed by atoms with Gasteiger partial charge in [-0.1, -0.05) is 44.9 Å². The molecule has 1 aliphatic rings. The summed E-state index contributed by atoms with van der Waals surface area (Å²) in [6, 6.07) is 8.82. The zero-order chi connectivity index (χ0) is 13.3. The molecule has 1 aromatic heterocycles. The molecule has 102 valence electrons. The van der Waals surface area contributed by atoms with Crippen LogP contribution in [0.1, 0.15) is 50.0 Å². The normalized spacial score (nSPS) is 22.6. The average Bonchev–Trinajstić information content (AvgIpc) is 2.85. The largest absolute Gasteiger partial charge is 0.369 e. The average molecular weight is 274 g/mol. The molecule has 1 aliphatic heterocycles. The summed E-state index contributed by atoms with van der Waals surface area (Å²) in [6.07, 6.45) is 5.83. The predicted molar refractivity (Wildman–Crippen MR) is 83.0 cm³/mol. The topological polar surface area (TPSA) is 9.23 Å². The van der Waals surface area contributed by atoms with E-state index in [9.17, 15) is 0 Å². The van der Waals surface area contributed by atoms with Crippen molar-refractivity contribution in [3.8, 4) is 0 Å². The lowest BCUT2D eigenvalue weighted by atomic mass is 9.86. The van der Waals surface area contributed by atoms with Crippen LogP contribution in [0.15, 0.2) is 24.3 Å². The third kappa shape index (κ3) is 2.11. The van der Waals surface area contributed by atoms with E-state index in [4.69, 9.17) is 4.74 Å². The fourth-order valence-electron chi connectivity index (χ4n) is 3.22. The molecule has 1 aromatic carbocycles. The summed E-state index contributed by atoms with van der Waals surface area (Å²) in [5, 5.41) is 1.46. The highest BCUT2D eigenvalue weighted by Gasteiger charge is 2.38. The van der Waals surface area contributed by atoms with E-state index in [0.29, 0.717) is 0 Å². The molecule has 0 saturated heterocycles. The number of hydrogen-bond acceptors (Lipinski definition) is 2. The Morgan fingerprint density at radius 2 is 2.11 bits per heavy atom. The van der Waals surface area contributed by atoms with Gasteiger partial charge >= 0.3 is 0 Å². The third-order valence-corrected chi connectivity index (χ3v) is 5.75.